The van der Waals surface area contributed by atoms with Crippen molar-refractivity contribution in [2.75, 3.05) is 6.54 Å². The van der Waals surface area contributed by atoms with E-state index in [2.05, 4.69) is 45.1 Å². The molecule has 0 aliphatic carbocycles. The Morgan fingerprint density at radius 1 is 1.09 bits per heavy atom. The minimum absolute atomic E-state index is 0.529. The van der Waals surface area contributed by atoms with Crippen molar-refractivity contribution in [2.45, 2.75) is 53.1 Å². The smallest absolute Gasteiger partial charge is 0.0304 e. The second-order valence-corrected chi connectivity index (χ2v) is 3.43. The van der Waals surface area contributed by atoms with Crippen LogP contribution >= 0.6 is 0 Å². The van der Waals surface area contributed by atoms with Gasteiger partial charge in [-0.15, -0.1) is 0 Å². The topological polar surface area (TPSA) is 17.3 Å². The highest BCUT2D eigenvalue weighted by molar-refractivity contribution is 4.61. The molecule has 0 amide bonds. The van der Waals surface area contributed by atoms with E-state index >= 15 is 0 Å². The van der Waals surface area contributed by atoms with Crippen LogP contribution in [0.3, 0.4) is 0 Å². The van der Waals surface area contributed by atoms with Gasteiger partial charge >= 0.3 is 0 Å². The molecule has 0 rings (SSSR count). The van der Waals surface area contributed by atoms with Gasteiger partial charge < -0.3 is 0 Å². The van der Waals surface area contributed by atoms with E-state index in [0.29, 0.717) is 12.1 Å². The molecule has 0 spiro atoms. The van der Waals surface area contributed by atoms with Gasteiger partial charge in [0.05, 0.1) is 0 Å². The molecule has 67 valence electrons. The molecule has 0 saturated carbocycles. The molecule has 0 aliphatic heterocycles. The average molecular weight is 157 g/mol. The molecular formula is C9H21N2. The molecule has 0 saturated heterocycles. The van der Waals surface area contributed by atoms with Crippen molar-refractivity contribution in [3.63, 3.8) is 0 Å². The predicted octanol–water partition coefficient (Wildman–Crippen LogP) is 2.03. The molecule has 0 aliphatic rings. The van der Waals surface area contributed by atoms with Crippen LogP contribution in [0.2, 0.25) is 0 Å². The molecule has 2 nitrogen and oxygen atoms in total. The fourth-order valence-electron chi connectivity index (χ4n) is 1.14. The summed E-state index contributed by atoms with van der Waals surface area (Å²) in [6.45, 7) is 11.8. The summed E-state index contributed by atoms with van der Waals surface area (Å²) in [6.07, 6.45) is 1.13. The van der Waals surface area contributed by atoms with Gasteiger partial charge in [0.1, 0.15) is 0 Å². The lowest BCUT2D eigenvalue weighted by Gasteiger charge is -2.28. The second kappa shape index (κ2) is 5.56. The van der Waals surface area contributed by atoms with Gasteiger partial charge in [0.15, 0.2) is 0 Å². The van der Waals surface area contributed by atoms with Crippen LogP contribution in [0.5, 0.6) is 0 Å². The average Bonchev–Trinajstić information content (AvgIpc) is 1.87. The van der Waals surface area contributed by atoms with E-state index in [1.165, 1.54) is 0 Å². The van der Waals surface area contributed by atoms with Gasteiger partial charge in [-0.25, -0.2) is 5.01 Å². The van der Waals surface area contributed by atoms with Crippen LogP contribution in [-0.4, -0.2) is 23.6 Å². The molecule has 1 radical (unpaired) electrons. The molecule has 0 unspecified atom stereocenters. The Kier molecular flexibility index (Phi) is 5.51. The van der Waals surface area contributed by atoms with Gasteiger partial charge in [-0.2, -0.15) is 5.43 Å². The molecule has 0 atom stereocenters. The summed E-state index contributed by atoms with van der Waals surface area (Å²) >= 11 is 0. The van der Waals surface area contributed by atoms with Crippen LogP contribution in [0.1, 0.15) is 41.0 Å². The van der Waals surface area contributed by atoms with Crippen LogP contribution < -0.4 is 5.43 Å². The lowest BCUT2D eigenvalue weighted by atomic mass is 10.3. The first-order valence-corrected chi connectivity index (χ1v) is 4.55. The second-order valence-electron chi connectivity index (χ2n) is 3.43. The first kappa shape index (κ1) is 10.9. The third-order valence-electron chi connectivity index (χ3n) is 1.55. The van der Waals surface area contributed by atoms with Gasteiger partial charge in [-0.05, 0) is 34.1 Å². The SMILES string of the molecule is CCC[N]N(C(C)C)C(C)C. The van der Waals surface area contributed by atoms with Gasteiger partial charge in [-0.3, -0.25) is 0 Å². The Balaban J connectivity index is 3.70. The minimum atomic E-state index is 0.529. The summed E-state index contributed by atoms with van der Waals surface area (Å²) in [4.78, 5) is 0. The predicted molar refractivity (Wildman–Crippen MR) is 49.4 cm³/mol. The first-order chi connectivity index (χ1) is 5.09. The largest absolute Gasteiger partial charge is 0.222 e. The summed E-state index contributed by atoms with van der Waals surface area (Å²) in [6, 6.07) is 1.06. The summed E-state index contributed by atoms with van der Waals surface area (Å²) in [5, 5.41) is 2.17. The van der Waals surface area contributed by atoms with Gasteiger partial charge in [0, 0.05) is 18.6 Å². The number of hydrogen-bond donors (Lipinski definition) is 0. The summed E-state index contributed by atoms with van der Waals surface area (Å²) in [5.41, 5.74) is 4.47. The maximum Gasteiger partial charge on any atom is 0.0304 e. The van der Waals surface area contributed by atoms with Crippen LogP contribution in [-0.2, 0) is 0 Å². The van der Waals surface area contributed by atoms with Crippen molar-refractivity contribution in [3.8, 4) is 0 Å². The van der Waals surface area contributed by atoms with Gasteiger partial charge in [0.25, 0.3) is 0 Å². The van der Waals surface area contributed by atoms with Crippen LogP contribution in [0, 0.1) is 0 Å². The number of nitrogens with zero attached hydrogens (tertiary/aromatic N) is 2. The fourth-order valence-corrected chi connectivity index (χ4v) is 1.14. The third kappa shape index (κ3) is 4.38. The van der Waals surface area contributed by atoms with E-state index in [1.807, 2.05) is 0 Å². The van der Waals surface area contributed by atoms with Crippen LogP contribution in [0.25, 0.3) is 0 Å². The van der Waals surface area contributed by atoms with Crippen molar-refractivity contribution in [1.82, 2.24) is 10.4 Å². The molecule has 0 bridgehead atoms. The monoisotopic (exact) mass is 157 g/mol. The van der Waals surface area contributed by atoms with Crippen molar-refractivity contribution in [2.24, 2.45) is 0 Å². The summed E-state index contributed by atoms with van der Waals surface area (Å²) in [7, 11) is 0. The van der Waals surface area contributed by atoms with E-state index in [4.69, 9.17) is 0 Å². The molecule has 0 N–H and O–H groups in total. The molecule has 0 aromatic rings. The van der Waals surface area contributed by atoms with Crippen molar-refractivity contribution in [1.29, 1.82) is 0 Å². The Hall–Kier alpha value is -0.0800. The summed E-state index contributed by atoms with van der Waals surface area (Å²) in [5.74, 6) is 0. The highest BCUT2D eigenvalue weighted by Gasteiger charge is 2.12. The lowest BCUT2D eigenvalue weighted by molar-refractivity contribution is 0.0968. The molecule has 0 fully saturated rings. The molecule has 0 aromatic carbocycles. The van der Waals surface area contributed by atoms with E-state index < -0.39 is 0 Å². The third-order valence-corrected chi connectivity index (χ3v) is 1.55. The highest BCUT2D eigenvalue weighted by Crippen LogP contribution is 2.01. The van der Waals surface area contributed by atoms with E-state index in [0.717, 1.165) is 13.0 Å². The van der Waals surface area contributed by atoms with Crippen LogP contribution in [0.4, 0.5) is 0 Å². The fraction of sp³-hybridized carbons (Fsp3) is 1.00. The Labute approximate surface area is 70.9 Å². The van der Waals surface area contributed by atoms with E-state index in [-0.39, 0.29) is 0 Å². The molecular weight excluding hydrogens is 136 g/mol. The molecule has 11 heavy (non-hydrogen) atoms. The highest BCUT2D eigenvalue weighted by atomic mass is 15.5. The molecule has 0 heterocycles. The lowest BCUT2D eigenvalue weighted by Crippen LogP contribution is -2.43. The maximum absolute atomic E-state index is 4.47. The first-order valence-electron chi connectivity index (χ1n) is 4.55. The molecule has 0 aromatic heterocycles. The normalized spacial score (nSPS) is 12.0. The maximum atomic E-state index is 4.47. The van der Waals surface area contributed by atoms with Crippen molar-refractivity contribution < 1.29 is 0 Å². The zero-order valence-corrected chi connectivity index (χ0v) is 8.46. The zero-order chi connectivity index (χ0) is 8.85. The number of hydrogen-bond acceptors (Lipinski definition) is 1. The Morgan fingerprint density at radius 3 is 1.82 bits per heavy atom. The minimum Gasteiger partial charge on any atom is -0.222 e. The van der Waals surface area contributed by atoms with E-state index in [1.54, 1.807) is 0 Å². The standard InChI is InChI=1S/C9H21N2/c1-6-7-10-11(8(2)3)9(4)5/h8-9H,6-7H2,1-5H3. The Bertz CT molecular complexity index is 81.6. The van der Waals surface area contributed by atoms with Gasteiger partial charge in [0.2, 0.25) is 0 Å². The number of rotatable bonds is 5. The summed E-state index contributed by atoms with van der Waals surface area (Å²) < 4.78 is 0. The van der Waals surface area contributed by atoms with Crippen molar-refractivity contribution >= 4 is 0 Å². The quantitative estimate of drug-likeness (QED) is 0.558. The van der Waals surface area contributed by atoms with Crippen LogP contribution in [0.15, 0.2) is 0 Å². The Morgan fingerprint density at radius 2 is 1.55 bits per heavy atom. The van der Waals surface area contributed by atoms with Crippen molar-refractivity contribution in [3.05, 3.63) is 0 Å². The van der Waals surface area contributed by atoms with Gasteiger partial charge in [-0.1, -0.05) is 6.92 Å². The van der Waals surface area contributed by atoms with E-state index in [9.17, 15) is 0 Å². The zero-order valence-electron chi connectivity index (χ0n) is 8.46. The molecule has 2 heteroatoms.